The Balaban J connectivity index is 1.85. The molecule has 0 aliphatic heterocycles. The Labute approximate surface area is 72.3 Å². The lowest BCUT2D eigenvalue weighted by molar-refractivity contribution is 0.0387. The van der Waals surface area contributed by atoms with Crippen LogP contribution in [0.5, 0.6) is 0 Å². The van der Waals surface area contributed by atoms with Crippen LogP contribution in [0.1, 0.15) is 38.5 Å². The van der Waals surface area contributed by atoms with Crippen molar-refractivity contribution in [1.82, 2.24) is 0 Å². The molecule has 0 aromatic rings. The van der Waals surface area contributed by atoms with Gasteiger partial charge in [0.15, 0.2) is 0 Å². The molecule has 0 heterocycles. The lowest BCUT2D eigenvalue weighted by Crippen LogP contribution is -2.22. The van der Waals surface area contributed by atoms with Gasteiger partial charge in [0, 0.05) is 5.92 Å². The van der Waals surface area contributed by atoms with Crippen molar-refractivity contribution in [3.8, 4) is 0 Å². The molecule has 2 aliphatic rings. The Morgan fingerprint density at radius 3 is 2.25 bits per heavy atom. The minimum Gasteiger partial charge on any atom is -0.210 e. The maximum Gasteiger partial charge on any atom is 0.241 e. The summed E-state index contributed by atoms with van der Waals surface area (Å²) in [5, 5.41) is 0. The fourth-order valence-corrected chi connectivity index (χ4v) is 2.49. The van der Waals surface area contributed by atoms with Crippen LogP contribution in [0.4, 0.5) is 8.78 Å². The van der Waals surface area contributed by atoms with Gasteiger partial charge >= 0.3 is 0 Å². The molecule has 2 fully saturated rings. The summed E-state index contributed by atoms with van der Waals surface area (Å²) < 4.78 is 24.8. The van der Waals surface area contributed by atoms with Crippen LogP contribution in [0.3, 0.4) is 0 Å². The molecule has 0 spiro atoms. The number of hydrogen-bond donors (Lipinski definition) is 0. The summed E-state index contributed by atoms with van der Waals surface area (Å²) in [5.41, 5.74) is 0. The van der Waals surface area contributed by atoms with Gasteiger partial charge in [0.25, 0.3) is 0 Å². The van der Waals surface area contributed by atoms with Gasteiger partial charge in [0.05, 0.1) is 0 Å². The van der Waals surface area contributed by atoms with Gasteiger partial charge in [-0.25, -0.2) is 8.78 Å². The van der Waals surface area contributed by atoms with Gasteiger partial charge in [-0.2, -0.15) is 0 Å². The maximum atomic E-state index is 12.4. The SMILES string of the molecule is FC(F)C1CCCC(C2CC2)C1. The highest BCUT2D eigenvalue weighted by atomic mass is 19.3. The summed E-state index contributed by atoms with van der Waals surface area (Å²) in [6, 6.07) is 0. The van der Waals surface area contributed by atoms with Gasteiger partial charge in [-0.3, -0.25) is 0 Å². The predicted molar refractivity (Wildman–Crippen MR) is 44.2 cm³/mol. The van der Waals surface area contributed by atoms with E-state index in [1.807, 2.05) is 0 Å². The van der Waals surface area contributed by atoms with E-state index in [2.05, 4.69) is 0 Å². The molecule has 0 radical (unpaired) electrons. The molecule has 2 rings (SSSR count). The highest BCUT2D eigenvalue weighted by Gasteiger charge is 2.36. The van der Waals surface area contributed by atoms with Crippen molar-refractivity contribution in [1.29, 1.82) is 0 Å². The molecule has 0 N–H and O–H groups in total. The number of rotatable bonds is 2. The molecule has 0 saturated heterocycles. The zero-order chi connectivity index (χ0) is 8.55. The summed E-state index contributed by atoms with van der Waals surface area (Å²) in [4.78, 5) is 0. The van der Waals surface area contributed by atoms with Gasteiger partial charge in [-0.1, -0.05) is 12.8 Å². The second-order valence-electron chi connectivity index (χ2n) is 4.36. The van der Waals surface area contributed by atoms with E-state index < -0.39 is 6.43 Å². The standard InChI is InChI=1S/C10H16F2/c11-10(12)9-3-1-2-8(6-9)7-4-5-7/h7-10H,1-6H2. The first-order valence-electron chi connectivity index (χ1n) is 5.05. The summed E-state index contributed by atoms with van der Waals surface area (Å²) in [5.74, 6) is 1.20. The molecule has 2 saturated carbocycles. The minimum absolute atomic E-state index is 0.274. The van der Waals surface area contributed by atoms with Crippen LogP contribution in [0, 0.1) is 17.8 Å². The van der Waals surface area contributed by atoms with Crippen molar-refractivity contribution in [3.05, 3.63) is 0 Å². The first-order valence-corrected chi connectivity index (χ1v) is 5.05. The molecule has 12 heavy (non-hydrogen) atoms. The van der Waals surface area contributed by atoms with Crippen LogP contribution in [-0.2, 0) is 0 Å². The first kappa shape index (κ1) is 8.46. The summed E-state index contributed by atoms with van der Waals surface area (Å²) in [6.07, 6.45) is 4.38. The third kappa shape index (κ3) is 1.78. The molecule has 2 unspecified atom stereocenters. The quantitative estimate of drug-likeness (QED) is 0.601. The second kappa shape index (κ2) is 3.31. The van der Waals surface area contributed by atoms with Crippen LogP contribution in [0.15, 0.2) is 0 Å². The van der Waals surface area contributed by atoms with Crippen molar-refractivity contribution in [2.45, 2.75) is 45.0 Å². The highest BCUT2D eigenvalue weighted by molar-refractivity contribution is 4.86. The average Bonchev–Trinajstić information content (AvgIpc) is 2.87. The van der Waals surface area contributed by atoms with E-state index in [4.69, 9.17) is 0 Å². The summed E-state index contributed by atoms with van der Waals surface area (Å²) in [6.45, 7) is 0. The van der Waals surface area contributed by atoms with Crippen molar-refractivity contribution in [2.75, 3.05) is 0 Å². The largest absolute Gasteiger partial charge is 0.241 e. The highest BCUT2D eigenvalue weighted by Crippen LogP contribution is 2.46. The Kier molecular flexibility index (Phi) is 2.33. The normalized spacial score (nSPS) is 37.2. The van der Waals surface area contributed by atoms with E-state index in [1.54, 1.807) is 0 Å². The average molecular weight is 174 g/mol. The van der Waals surface area contributed by atoms with Gasteiger partial charge < -0.3 is 0 Å². The fourth-order valence-electron chi connectivity index (χ4n) is 2.49. The smallest absolute Gasteiger partial charge is 0.210 e. The summed E-state index contributed by atoms with van der Waals surface area (Å²) >= 11 is 0. The van der Waals surface area contributed by atoms with Crippen molar-refractivity contribution in [3.63, 3.8) is 0 Å². The molecule has 0 bridgehead atoms. The molecule has 0 aromatic carbocycles. The molecule has 70 valence electrons. The van der Waals surface area contributed by atoms with E-state index in [1.165, 1.54) is 19.3 Å². The Morgan fingerprint density at radius 2 is 1.67 bits per heavy atom. The third-order valence-electron chi connectivity index (χ3n) is 3.40. The van der Waals surface area contributed by atoms with Crippen molar-refractivity contribution < 1.29 is 8.78 Å². The molecule has 0 nitrogen and oxygen atoms in total. The second-order valence-corrected chi connectivity index (χ2v) is 4.36. The fraction of sp³-hybridized carbons (Fsp3) is 1.00. The van der Waals surface area contributed by atoms with Crippen LogP contribution in [0.25, 0.3) is 0 Å². The molecular weight excluding hydrogens is 158 g/mol. The van der Waals surface area contributed by atoms with Gasteiger partial charge in [0.2, 0.25) is 6.43 Å². The minimum atomic E-state index is -2.06. The third-order valence-corrected chi connectivity index (χ3v) is 3.40. The Morgan fingerprint density at radius 1 is 0.917 bits per heavy atom. The molecule has 2 aliphatic carbocycles. The lowest BCUT2D eigenvalue weighted by Gasteiger charge is -2.28. The zero-order valence-corrected chi connectivity index (χ0v) is 7.31. The number of alkyl halides is 2. The van der Waals surface area contributed by atoms with Crippen molar-refractivity contribution >= 4 is 0 Å². The monoisotopic (exact) mass is 174 g/mol. The van der Waals surface area contributed by atoms with Gasteiger partial charge in [0.1, 0.15) is 0 Å². The van der Waals surface area contributed by atoms with Crippen LogP contribution >= 0.6 is 0 Å². The van der Waals surface area contributed by atoms with E-state index >= 15 is 0 Å². The predicted octanol–water partition coefficient (Wildman–Crippen LogP) is 3.47. The van der Waals surface area contributed by atoms with Crippen LogP contribution in [-0.4, -0.2) is 6.43 Å². The van der Waals surface area contributed by atoms with Gasteiger partial charge in [-0.15, -0.1) is 0 Å². The Hall–Kier alpha value is -0.140. The molecular formula is C10H16F2. The van der Waals surface area contributed by atoms with E-state index in [-0.39, 0.29) is 5.92 Å². The topological polar surface area (TPSA) is 0 Å². The maximum absolute atomic E-state index is 12.4. The number of halogens is 2. The zero-order valence-electron chi connectivity index (χ0n) is 7.31. The van der Waals surface area contributed by atoms with E-state index in [0.29, 0.717) is 5.92 Å². The molecule has 2 atom stereocenters. The Bertz CT molecular complexity index is 144. The molecule has 0 aromatic heterocycles. The lowest BCUT2D eigenvalue weighted by atomic mass is 9.79. The van der Waals surface area contributed by atoms with Crippen molar-refractivity contribution in [2.24, 2.45) is 17.8 Å². The number of hydrogen-bond acceptors (Lipinski definition) is 0. The molecule has 0 amide bonds. The van der Waals surface area contributed by atoms with Gasteiger partial charge in [-0.05, 0) is 37.5 Å². The summed E-state index contributed by atoms with van der Waals surface area (Å²) in [7, 11) is 0. The van der Waals surface area contributed by atoms with E-state index in [0.717, 1.165) is 25.2 Å². The van der Waals surface area contributed by atoms with Crippen LogP contribution in [0.2, 0.25) is 0 Å². The van der Waals surface area contributed by atoms with E-state index in [9.17, 15) is 8.78 Å². The van der Waals surface area contributed by atoms with Crippen LogP contribution < -0.4 is 0 Å². The molecule has 2 heteroatoms. The first-order chi connectivity index (χ1) is 5.77.